The molecule has 0 unspecified atom stereocenters. The number of hydrogen-bond donors (Lipinski definition) is 2. The van der Waals surface area contributed by atoms with E-state index in [4.69, 9.17) is 19.3 Å². The van der Waals surface area contributed by atoms with Gasteiger partial charge in [0.2, 0.25) is 0 Å². The van der Waals surface area contributed by atoms with Crippen molar-refractivity contribution in [3.05, 3.63) is 53.6 Å². The van der Waals surface area contributed by atoms with Gasteiger partial charge in [-0.1, -0.05) is 6.07 Å². The first-order chi connectivity index (χ1) is 14.0. The summed E-state index contributed by atoms with van der Waals surface area (Å²) in [7, 11) is 1.61. The zero-order chi connectivity index (χ0) is 20.6. The van der Waals surface area contributed by atoms with Crippen molar-refractivity contribution in [3.63, 3.8) is 0 Å². The summed E-state index contributed by atoms with van der Waals surface area (Å²) in [6.07, 6.45) is 4.60. The van der Waals surface area contributed by atoms with Crippen LogP contribution in [0.25, 0.3) is 0 Å². The van der Waals surface area contributed by atoms with E-state index in [1.54, 1.807) is 25.3 Å². The van der Waals surface area contributed by atoms with E-state index in [0.29, 0.717) is 23.6 Å². The fourth-order valence-electron chi connectivity index (χ4n) is 3.25. The number of carboxylic acid groups (broad SMARTS) is 1. The molecule has 2 aromatic carbocycles. The molecule has 0 aliphatic heterocycles. The Bertz CT molecular complexity index is 860. The summed E-state index contributed by atoms with van der Waals surface area (Å²) in [5.74, 6) is 0.392. The molecule has 0 spiro atoms. The lowest BCUT2D eigenvalue weighted by molar-refractivity contribution is -0.139. The Morgan fingerprint density at radius 3 is 2.62 bits per heavy atom. The van der Waals surface area contributed by atoms with Crippen LogP contribution in [-0.2, 0) is 11.3 Å². The van der Waals surface area contributed by atoms with Gasteiger partial charge in [-0.25, -0.2) is 4.79 Å². The highest BCUT2D eigenvalue weighted by atomic mass is 16.5. The van der Waals surface area contributed by atoms with Gasteiger partial charge in [0, 0.05) is 23.7 Å². The number of carbonyl (C=O) groups is 2. The summed E-state index contributed by atoms with van der Waals surface area (Å²) in [6.45, 7) is -0.163. The standard InChI is InChI=1S/C22H25NO6/c1-27-18-10-9-16(20(12-18)29-17-6-2-3-7-17)13-23-22(26)15-5-4-8-19(11-15)28-14-21(24)25/h4-5,8-12,17H,2-3,6-7,13-14H2,1H3,(H,23,26)(H,24,25). The largest absolute Gasteiger partial charge is 0.497 e. The summed E-state index contributed by atoms with van der Waals surface area (Å²) in [4.78, 5) is 23.2. The molecule has 1 amide bonds. The lowest BCUT2D eigenvalue weighted by Crippen LogP contribution is -2.23. The van der Waals surface area contributed by atoms with Crippen LogP contribution in [0.1, 0.15) is 41.6 Å². The second kappa shape index (κ2) is 9.82. The van der Waals surface area contributed by atoms with Crippen LogP contribution in [0.4, 0.5) is 0 Å². The third kappa shape index (κ3) is 5.88. The van der Waals surface area contributed by atoms with E-state index < -0.39 is 12.6 Å². The molecule has 0 radical (unpaired) electrons. The van der Waals surface area contributed by atoms with Crippen molar-refractivity contribution in [2.24, 2.45) is 0 Å². The molecule has 2 aromatic rings. The second-order valence-electron chi connectivity index (χ2n) is 6.89. The molecule has 0 atom stereocenters. The lowest BCUT2D eigenvalue weighted by atomic mass is 10.1. The molecule has 0 aromatic heterocycles. The molecule has 7 heteroatoms. The first-order valence-corrected chi connectivity index (χ1v) is 9.61. The zero-order valence-corrected chi connectivity index (χ0v) is 16.3. The highest BCUT2D eigenvalue weighted by molar-refractivity contribution is 5.94. The summed E-state index contributed by atoms with van der Waals surface area (Å²) in [5, 5.41) is 11.6. The van der Waals surface area contributed by atoms with Crippen LogP contribution in [0.2, 0.25) is 0 Å². The van der Waals surface area contributed by atoms with Crippen LogP contribution in [0.5, 0.6) is 17.2 Å². The Morgan fingerprint density at radius 2 is 1.90 bits per heavy atom. The molecule has 7 nitrogen and oxygen atoms in total. The number of benzene rings is 2. The number of methoxy groups -OCH3 is 1. The Hall–Kier alpha value is -3.22. The van der Waals surface area contributed by atoms with Crippen molar-refractivity contribution in [1.29, 1.82) is 0 Å². The first-order valence-electron chi connectivity index (χ1n) is 9.61. The quantitative estimate of drug-likeness (QED) is 0.671. The normalized spacial score (nSPS) is 13.7. The number of amides is 1. The molecular formula is C22H25NO6. The maximum atomic E-state index is 12.5. The van der Waals surface area contributed by atoms with Crippen molar-refractivity contribution in [2.75, 3.05) is 13.7 Å². The number of carboxylic acids is 1. The molecule has 2 N–H and O–H groups in total. The van der Waals surface area contributed by atoms with Crippen LogP contribution >= 0.6 is 0 Å². The molecule has 0 heterocycles. The monoisotopic (exact) mass is 399 g/mol. The van der Waals surface area contributed by atoms with Gasteiger partial charge in [0.25, 0.3) is 5.91 Å². The molecule has 1 fully saturated rings. The van der Waals surface area contributed by atoms with Gasteiger partial charge in [0.1, 0.15) is 17.2 Å². The van der Waals surface area contributed by atoms with Crippen molar-refractivity contribution in [1.82, 2.24) is 5.32 Å². The van der Waals surface area contributed by atoms with Gasteiger partial charge < -0.3 is 24.6 Å². The van der Waals surface area contributed by atoms with Gasteiger partial charge in [0.15, 0.2) is 6.61 Å². The number of nitrogens with one attached hydrogen (secondary N) is 1. The number of aliphatic carboxylic acids is 1. The number of hydrogen-bond acceptors (Lipinski definition) is 5. The van der Waals surface area contributed by atoms with E-state index >= 15 is 0 Å². The molecule has 1 saturated carbocycles. The van der Waals surface area contributed by atoms with Crippen LogP contribution in [-0.4, -0.2) is 36.8 Å². The van der Waals surface area contributed by atoms with Gasteiger partial charge in [-0.15, -0.1) is 0 Å². The average Bonchev–Trinajstić information content (AvgIpc) is 3.24. The van der Waals surface area contributed by atoms with Crippen molar-refractivity contribution in [3.8, 4) is 17.2 Å². The maximum Gasteiger partial charge on any atom is 0.341 e. The van der Waals surface area contributed by atoms with E-state index in [1.807, 2.05) is 18.2 Å². The minimum Gasteiger partial charge on any atom is -0.497 e. The number of carbonyl (C=O) groups excluding carboxylic acids is 1. The Labute approximate surface area is 169 Å². The first kappa shape index (κ1) is 20.5. The van der Waals surface area contributed by atoms with E-state index in [2.05, 4.69) is 5.32 Å². The van der Waals surface area contributed by atoms with Crippen molar-refractivity contribution >= 4 is 11.9 Å². The Morgan fingerprint density at radius 1 is 1.10 bits per heavy atom. The van der Waals surface area contributed by atoms with E-state index in [-0.39, 0.29) is 12.0 Å². The Kier molecular flexibility index (Phi) is 6.94. The van der Waals surface area contributed by atoms with Crippen molar-refractivity contribution < 1.29 is 28.9 Å². The maximum absolute atomic E-state index is 12.5. The minimum atomic E-state index is -1.07. The summed E-state index contributed by atoms with van der Waals surface area (Å²) in [5.41, 5.74) is 1.25. The third-order valence-electron chi connectivity index (χ3n) is 4.77. The van der Waals surface area contributed by atoms with Crippen molar-refractivity contribution in [2.45, 2.75) is 38.3 Å². The SMILES string of the molecule is COc1ccc(CNC(=O)c2cccc(OCC(=O)O)c2)c(OC2CCCC2)c1. The minimum absolute atomic E-state index is 0.194. The fourth-order valence-corrected chi connectivity index (χ4v) is 3.25. The van der Waals surface area contributed by atoms with E-state index in [9.17, 15) is 9.59 Å². The number of rotatable bonds is 9. The van der Waals surface area contributed by atoms with Crippen LogP contribution in [0, 0.1) is 0 Å². The number of ether oxygens (including phenoxy) is 3. The highest BCUT2D eigenvalue weighted by Gasteiger charge is 2.19. The zero-order valence-electron chi connectivity index (χ0n) is 16.3. The van der Waals surface area contributed by atoms with Crippen LogP contribution in [0.3, 0.4) is 0 Å². The summed E-state index contributed by atoms with van der Waals surface area (Å²) < 4.78 is 16.6. The summed E-state index contributed by atoms with van der Waals surface area (Å²) in [6, 6.07) is 12.0. The summed E-state index contributed by atoms with van der Waals surface area (Å²) >= 11 is 0. The molecule has 0 bridgehead atoms. The highest BCUT2D eigenvalue weighted by Crippen LogP contribution is 2.30. The smallest absolute Gasteiger partial charge is 0.341 e. The molecule has 154 valence electrons. The van der Waals surface area contributed by atoms with E-state index in [1.165, 1.54) is 18.9 Å². The van der Waals surface area contributed by atoms with Crippen LogP contribution < -0.4 is 19.5 Å². The van der Waals surface area contributed by atoms with Gasteiger partial charge >= 0.3 is 5.97 Å². The van der Waals surface area contributed by atoms with E-state index in [0.717, 1.165) is 24.2 Å². The van der Waals surface area contributed by atoms with Gasteiger partial charge in [0.05, 0.1) is 13.2 Å². The molecule has 1 aliphatic carbocycles. The van der Waals surface area contributed by atoms with Gasteiger partial charge in [-0.05, 0) is 56.0 Å². The van der Waals surface area contributed by atoms with Crippen LogP contribution in [0.15, 0.2) is 42.5 Å². The molecule has 0 saturated heterocycles. The topological polar surface area (TPSA) is 94.1 Å². The Balaban J connectivity index is 1.66. The predicted molar refractivity (Wildman–Crippen MR) is 107 cm³/mol. The molecule has 3 rings (SSSR count). The predicted octanol–water partition coefficient (Wildman–Crippen LogP) is 3.41. The second-order valence-corrected chi connectivity index (χ2v) is 6.89. The third-order valence-corrected chi connectivity index (χ3v) is 4.77. The molecule has 1 aliphatic rings. The van der Waals surface area contributed by atoms with Gasteiger partial charge in [-0.3, -0.25) is 4.79 Å². The lowest BCUT2D eigenvalue weighted by Gasteiger charge is -2.18. The van der Waals surface area contributed by atoms with Gasteiger partial charge in [-0.2, -0.15) is 0 Å². The molecule has 29 heavy (non-hydrogen) atoms. The fraction of sp³-hybridized carbons (Fsp3) is 0.364. The molecular weight excluding hydrogens is 374 g/mol. The average molecular weight is 399 g/mol.